The smallest absolute Gasteiger partial charge is 0.161 e. The summed E-state index contributed by atoms with van der Waals surface area (Å²) in [6.45, 7) is 2.39. The lowest BCUT2D eigenvalue weighted by atomic mass is 9.93. The van der Waals surface area contributed by atoms with E-state index >= 15 is 0 Å². The molecule has 0 aromatic heterocycles. The molecule has 2 atom stereocenters. The van der Waals surface area contributed by atoms with Crippen molar-refractivity contribution < 1.29 is 14.6 Å². The summed E-state index contributed by atoms with van der Waals surface area (Å²) < 4.78 is 11.5. The summed E-state index contributed by atoms with van der Waals surface area (Å²) in [5.41, 5.74) is 8.24. The van der Waals surface area contributed by atoms with Gasteiger partial charge in [-0.15, -0.1) is 0 Å². The van der Waals surface area contributed by atoms with Crippen LogP contribution in [0.3, 0.4) is 0 Å². The van der Waals surface area contributed by atoms with Crippen molar-refractivity contribution in [3.63, 3.8) is 0 Å². The third-order valence-corrected chi connectivity index (χ3v) is 3.71. The first kappa shape index (κ1) is 13.8. The van der Waals surface area contributed by atoms with E-state index in [2.05, 4.69) is 0 Å². The van der Waals surface area contributed by atoms with Gasteiger partial charge in [-0.25, -0.2) is 0 Å². The Bertz CT molecular complexity index is 642. The molecule has 2 unspecified atom stereocenters. The molecule has 0 aliphatic carbocycles. The number of phenols is 1. The van der Waals surface area contributed by atoms with E-state index in [0.29, 0.717) is 18.8 Å². The Morgan fingerprint density at radius 1 is 1.29 bits per heavy atom. The maximum Gasteiger partial charge on any atom is 0.161 e. The molecule has 2 aromatic carbocycles. The van der Waals surface area contributed by atoms with Crippen LogP contribution in [-0.2, 0) is 0 Å². The minimum absolute atomic E-state index is 0.0516. The number of benzene rings is 2. The van der Waals surface area contributed by atoms with Crippen molar-refractivity contribution in [3.8, 4) is 17.2 Å². The Hall–Kier alpha value is -2.20. The van der Waals surface area contributed by atoms with Crippen LogP contribution in [-0.4, -0.2) is 11.7 Å². The van der Waals surface area contributed by atoms with Gasteiger partial charge in [0.25, 0.3) is 0 Å². The zero-order chi connectivity index (χ0) is 14.8. The van der Waals surface area contributed by atoms with E-state index in [0.717, 1.165) is 16.9 Å². The molecule has 0 bridgehead atoms. The summed E-state index contributed by atoms with van der Waals surface area (Å²) in [5.74, 6) is 1.44. The number of fused-ring (bicyclic) bond motifs is 1. The Morgan fingerprint density at radius 2 is 2.10 bits per heavy atom. The summed E-state index contributed by atoms with van der Waals surface area (Å²) in [6, 6.07) is 13.1. The van der Waals surface area contributed by atoms with E-state index in [1.54, 1.807) is 6.07 Å². The molecule has 0 saturated heterocycles. The first-order chi connectivity index (χ1) is 10.2. The van der Waals surface area contributed by atoms with Crippen molar-refractivity contribution in [1.82, 2.24) is 0 Å². The lowest BCUT2D eigenvalue weighted by Gasteiger charge is -2.30. The number of nitrogens with two attached hydrogens (primary N) is 1. The second-order valence-electron chi connectivity index (χ2n) is 5.15. The first-order valence-corrected chi connectivity index (χ1v) is 7.16. The van der Waals surface area contributed by atoms with Gasteiger partial charge in [-0.1, -0.05) is 24.3 Å². The maximum atomic E-state index is 9.78. The fraction of sp³-hybridized carbons (Fsp3) is 0.294. The van der Waals surface area contributed by atoms with E-state index in [-0.39, 0.29) is 17.9 Å². The summed E-state index contributed by atoms with van der Waals surface area (Å²) in [7, 11) is 0. The first-order valence-electron chi connectivity index (χ1n) is 7.16. The van der Waals surface area contributed by atoms with Gasteiger partial charge >= 0.3 is 0 Å². The average molecular weight is 285 g/mol. The Kier molecular flexibility index (Phi) is 3.71. The summed E-state index contributed by atoms with van der Waals surface area (Å²) in [4.78, 5) is 0. The van der Waals surface area contributed by atoms with Crippen molar-refractivity contribution >= 4 is 0 Å². The van der Waals surface area contributed by atoms with Crippen molar-refractivity contribution in [2.24, 2.45) is 5.73 Å². The molecule has 4 heteroatoms. The zero-order valence-electron chi connectivity index (χ0n) is 12.0. The lowest BCUT2D eigenvalue weighted by molar-refractivity contribution is 0.161. The maximum absolute atomic E-state index is 9.78. The third kappa shape index (κ3) is 2.67. The summed E-state index contributed by atoms with van der Waals surface area (Å²) >= 11 is 0. The molecule has 2 aromatic rings. The van der Waals surface area contributed by atoms with Gasteiger partial charge in [-0.2, -0.15) is 0 Å². The van der Waals surface area contributed by atoms with Crippen LogP contribution in [0.25, 0.3) is 0 Å². The Morgan fingerprint density at radius 3 is 2.90 bits per heavy atom. The van der Waals surface area contributed by atoms with Crippen LogP contribution < -0.4 is 15.2 Å². The number of rotatable bonds is 3. The summed E-state index contributed by atoms with van der Waals surface area (Å²) in [6.07, 6.45) is 0.572. The van der Waals surface area contributed by atoms with Crippen molar-refractivity contribution in [1.29, 1.82) is 0 Å². The Labute approximate surface area is 124 Å². The fourth-order valence-corrected chi connectivity index (χ4v) is 2.66. The number of hydrogen-bond donors (Lipinski definition) is 2. The highest BCUT2D eigenvalue weighted by molar-refractivity contribution is 5.44. The fourth-order valence-electron chi connectivity index (χ4n) is 2.66. The minimum Gasteiger partial charge on any atom is -0.504 e. The van der Waals surface area contributed by atoms with Gasteiger partial charge in [0.1, 0.15) is 11.9 Å². The third-order valence-electron chi connectivity index (χ3n) is 3.71. The number of para-hydroxylation sites is 1. The molecule has 0 spiro atoms. The molecule has 1 aliphatic rings. The van der Waals surface area contributed by atoms with Gasteiger partial charge in [0, 0.05) is 18.0 Å². The van der Waals surface area contributed by atoms with Crippen LogP contribution in [0, 0.1) is 0 Å². The normalized spacial score (nSPS) is 20.5. The molecule has 0 fully saturated rings. The van der Waals surface area contributed by atoms with Gasteiger partial charge < -0.3 is 20.3 Å². The van der Waals surface area contributed by atoms with E-state index in [9.17, 15) is 5.11 Å². The molecule has 0 radical (unpaired) electrons. The minimum atomic E-state index is -0.130. The average Bonchev–Trinajstić information content (AvgIpc) is 2.50. The largest absolute Gasteiger partial charge is 0.504 e. The molecule has 0 saturated carbocycles. The second-order valence-corrected chi connectivity index (χ2v) is 5.15. The van der Waals surface area contributed by atoms with Gasteiger partial charge in [-0.3, -0.25) is 0 Å². The second kappa shape index (κ2) is 5.66. The SMILES string of the molecule is CCOc1cc(C2CC(N)c3ccccc3O2)ccc1O. The Balaban J connectivity index is 1.90. The molecule has 3 rings (SSSR count). The van der Waals surface area contributed by atoms with Gasteiger partial charge in [0.2, 0.25) is 0 Å². The van der Waals surface area contributed by atoms with Crippen molar-refractivity contribution in [3.05, 3.63) is 53.6 Å². The standard InChI is InChI=1S/C17H19NO3/c1-2-20-17-9-11(7-8-14(17)19)16-10-13(18)12-5-3-4-6-15(12)21-16/h3-9,13,16,19H,2,10,18H2,1H3. The van der Waals surface area contributed by atoms with Gasteiger partial charge in [-0.05, 0) is 30.7 Å². The van der Waals surface area contributed by atoms with E-state index in [1.165, 1.54) is 0 Å². The van der Waals surface area contributed by atoms with Crippen LogP contribution in [0.4, 0.5) is 0 Å². The number of aromatic hydroxyl groups is 1. The van der Waals surface area contributed by atoms with Crippen LogP contribution in [0.1, 0.15) is 36.6 Å². The predicted molar refractivity (Wildman–Crippen MR) is 80.6 cm³/mol. The molecule has 21 heavy (non-hydrogen) atoms. The van der Waals surface area contributed by atoms with E-state index in [1.807, 2.05) is 43.3 Å². The molecule has 1 heterocycles. The zero-order valence-corrected chi connectivity index (χ0v) is 12.0. The number of ether oxygens (including phenoxy) is 2. The molecule has 110 valence electrons. The quantitative estimate of drug-likeness (QED) is 0.908. The highest BCUT2D eigenvalue weighted by Gasteiger charge is 2.27. The highest BCUT2D eigenvalue weighted by Crippen LogP contribution is 2.41. The van der Waals surface area contributed by atoms with Crippen molar-refractivity contribution in [2.75, 3.05) is 6.61 Å². The molecular weight excluding hydrogens is 266 g/mol. The predicted octanol–water partition coefficient (Wildman–Crippen LogP) is 3.31. The van der Waals surface area contributed by atoms with Gasteiger partial charge in [0.15, 0.2) is 11.5 Å². The molecule has 1 aliphatic heterocycles. The molecule has 3 N–H and O–H groups in total. The number of phenolic OH excluding ortho intramolecular Hbond substituents is 1. The molecular formula is C17H19NO3. The molecule has 4 nitrogen and oxygen atoms in total. The van der Waals surface area contributed by atoms with Crippen LogP contribution >= 0.6 is 0 Å². The van der Waals surface area contributed by atoms with E-state index in [4.69, 9.17) is 15.2 Å². The number of hydrogen-bond acceptors (Lipinski definition) is 4. The van der Waals surface area contributed by atoms with Crippen LogP contribution in [0.5, 0.6) is 17.2 Å². The summed E-state index contributed by atoms with van der Waals surface area (Å²) in [5, 5.41) is 9.78. The van der Waals surface area contributed by atoms with Crippen molar-refractivity contribution in [2.45, 2.75) is 25.5 Å². The molecule has 0 amide bonds. The topological polar surface area (TPSA) is 64.7 Å². The lowest BCUT2D eigenvalue weighted by Crippen LogP contribution is -2.24. The monoisotopic (exact) mass is 285 g/mol. The van der Waals surface area contributed by atoms with Crippen LogP contribution in [0.15, 0.2) is 42.5 Å². The van der Waals surface area contributed by atoms with Gasteiger partial charge in [0.05, 0.1) is 6.61 Å². The van der Waals surface area contributed by atoms with Crippen LogP contribution in [0.2, 0.25) is 0 Å². The van der Waals surface area contributed by atoms with E-state index < -0.39 is 0 Å². The highest BCUT2D eigenvalue weighted by atomic mass is 16.5.